The Morgan fingerprint density at radius 2 is 1.71 bits per heavy atom. The molecule has 1 saturated heterocycles. The molecule has 0 aromatic heterocycles. The van der Waals surface area contributed by atoms with Crippen molar-refractivity contribution in [2.45, 2.75) is 38.6 Å². The van der Waals surface area contributed by atoms with Crippen LogP contribution in [0.3, 0.4) is 0 Å². The van der Waals surface area contributed by atoms with Crippen LogP contribution in [0, 0.1) is 0 Å². The van der Waals surface area contributed by atoms with Crippen LogP contribution in [-0.2, 0) is 4.79 Å². The van der Waals surface area contributed by atoms with E-state index in [9.17, 15) is 4.79 Å². The van der Waals surface area contributed by atoms with Gasteiger partial charge in [-0.1, -0.05) is 35.7 Å². The molecular weight excluding hydrogens is 305 g/mol. The molecule has 0 radical (unpaired) electrons. The predicted molar refractivity (Wildman–Crippen MR) is 90.0 cm³/mol. The number of nitrogens with zero attached hydrogens (tertiary/aromatic N) is 1. The van der Waals surface area contributed by atoms with Gasteiger partial charge >= 0.3 is 0 Å². The second kappa shape index (κ2) is 6.95. The molecule has 0 bridgehead atoms. The molecule has 1 fully saturated rings. The standard InChI is InChI=1S/C17H21Cl2NO/c1-17(2,20-11-4-3-5-12-20)16(21)10-9-13-14(18)7-6-8-15(13)19/h6-10H,3-5,11-12H2,1-2H3/b10-9+. The first-order chi connectivity index (χ1) is 9.93. The number of hydrogen-bond acceptors (Lipinski definition) is 2. The zero-order valence-electron chi connectivity index (χ0n) is 12.5. The highest BCUT2D eigenvalue weighted by molar-refractivity contribution is 6.37. The largest absolute Gasteiger partial charge is 0.293 e. The molecule has 2 nitrogen and oxygen atoms in total. The fraction of sp³-hybridized carbons (Fsp3) is 0.471. The van der Waals surface area contributed by atoms with Gasteiger partial charge in [0.2, 0.25) is 0 Å². The van der Waals surface area contributed by atoms with Crippen LogP contribution >= 0.6 is 23.2 Å². The Balaban J connectivity index is 2.14. The number of carbonyl (C=O) groups excluding carboxylic acids is 1. The third-order valence-corrected chi connectivity index (χ3v) is 4.81. The summed E-state index contributed by atoms with van der Waals surface area (Å²) in [6.45, 7) is 5.94. The Labute approximate surface area is 136 Å². The van der Waals surface area contributed by atoms with E-state index in [1.165, 1.54) is 6.42 Å². The molecule has 0 spiro atoms. The van der Waals surface area contributed by atoms with E-state index in [2.05, 4.69) is 4.90 Å². The average Bonchev–Trinajstić information content (AvgIpc) is 2.47. The molecule has 1 aromatic carbocycles. The second-order valence-corrected chi connectivity index (χ2v) is 6.75. The first-order valence-corrected chi connectivity index (χ1v) is 8.10. The van der Waals surface area contributed by atoms with E-state index in [4.69, 9.17) is 23.2 Å². The zero-order valence-corrected chi connectivity index (χ0v) is 14.0. The van der Waals surface area contributed by atoms with E-state index in [-0.39, 0.29) is 5.78 Å². The van der Waals surface area contributed by atoms with Gasteiger partial charge in [-0.15, -0.1) is 0 Å². The lowest BCUT2D eigenvalue weighted by Crippen LogP contribution is -2.51. The normalized spacial score (nSPS) is 17.3. The van der Waals surface area contributed by atoms with E-state index < -0.39 is 5.54 Å². The van der Waals surface area contributed by atoms with Gasteiger partial charge in [-0.05, 0) is 64.1 Å². The molecule has 4 heteroatoms. The van der Waals surface area contributed by atoms with Gasteiger partial charge in [-0.3, -0.25) is 9.69 Å². The molecule has 1 aliphatic heterocycles. The Hall–Kier alpha value is -0.830. The first-order valence-electron chi connectivity index (χ1n) is 7.34. The number of halogens is 2. The van der Waals surface area contributed by atoms with E-state index in [0.717, 1.165) is 25.9 Å². The second-order valence-electron chi connectivity index (χ2n) is 5.94. The highest BCUT2D eigenvalue weighted by Crippen LogP contribution is 2.27. The Morgan fingerprint density at radius 3 is 2.29 bits per heavy atom. The van der Waals surface area contributed by atoms with Crippen molar-refractivity contribution in [2.75, 3.05) is 13.1 Å². The molecular formula is C17H21Cl2NO. The maximum atomic E-state index is 12.5. The maximum absolute atomic E-state index is 12.5. The number of benzene rings is 1. The summed E-state index contributed by atoms with van der Waals surface area (Å²) in [6, 6.07) is 5.34. The van der Waals surface area contributed by atoms with Crippen molar-refractivity contribution in [3.8, 4) is 0 Å². The van der Waals surface area contributed by atoms with E-state index in [1.807, 2.05) is 13.8 Å². The summed E-state index contributed by atoms with van der Waals surface area (Å²) in [6.07, 6.45) is 6.90. The van der Waals surface area contributed by atoms with Crippen molar-refractivity contribution in [3.63, 3.8) is 0 Å². The molecule has 1 aliphatic rings. The van der Waals surface area contributed by atoms with E-state index in [0.29, 0.717) is 15.6 Å². The average molecular weight is 326 g/mol. The Kier molecular flexibility index (Phi) is 5.48. The highest BCUT2D eigenvalue weighted by atomic mass is 35.5. The third kappa shape index (κ3) is 3.88. The topological polar surface area (TPSA) is 20.3 Å². The van der Waals surface area contributed by atoms with Gasteiger partial charge in [0.05, 0.1) is 5.54 Å². The lowest BCUT2D eigenvalue weighted by Gasteiger charge is -2.39. The lowest BCUT2D eigenvalue weighted by molar-refractivity contribution is -0.125. The van der Waals surface area contributed by atoms with Crippen LogP contribution in [0.25, 0.3) is 6.08 Å². The van der Waals surface area contributed by atoms with Gasteiger partial charge in [-0.25, -0.2) is 0 Å². The fourth-order valence-corrected chi connectivity index (χ4v) is 3.17. The van der Waals surface area contributed by atoms with Crippen LogP contribution in [0.5, 0.6) is 0 Å². The van der Waals surface area contributed by atoms with Crippen LogP contribution in [0.1, 0.15) is 38.7 Å². The first kappa shape index (κ1) is 16.5. The van der Waals surface area contributed by atoms with Gasteiger partial charge in [0.25, 0.3) is 0 Å². The van der Waals surface area contributed by atoms with Gasteiger partial charge in [0, 0.05) is 15.6 Å². The molecule has 0 saturated carbocycles. The molecule has 114 valence electrons. The summed E-state index contributed by atoms with van der Waals surface area (Å²) in [5.41, 5.74) is 0.216. The minimum absolute atomic E-state index is 0.0837. The van der Waals surface area contributed by atoms with Gasteiger partial charge in [0.15, 0.2) is 5.78 Å². The molecule has 1 heterocycles. The monoisotopic (exact) mass is 325 g/mol. The number of piperidine rings is 1. The minimum atomic E-state index is -0.481. The van der Waals surface area contributed by atoms with Crippen LogP contribution in [0.4, 0.5) is 0 Å². The molecule has 0 atom stereocenters. The van der Waals surface area contributed by atoms with Crippen LogP contribution in [0.2, 0.25) is 10.0 Å². The van der Waals surface area contributed by atoms with Crippen molar-refractivity contribution < 1.29 is 4.79 Å². The van der Waals surface area contributed by atoms with Crippen LogP contribution in [0.15, 0.2) is 24.3 Å². The van der Waals surface area contributed by atoms with Crippen molar-refractivity contribution >= 4 is 35.1 Å². The van der Waals surface area contributed by atoms with Crippen LogP contribution < -0.4 is 0 Å². The van der Waals surface area contributed by atoms with Gasteiger partial charge in [-0.2, -0.15) is 0 Å². The maximum Gasteiger partial charge on any atom is 0.175 e. The molecule has 21 heavy (non-hydrogen) atoms. The number of likely N-dealkylation sites (tertiary alicyclic amines) is 1. The van der Waals surface area contributed by atoms with Gasteiger partial charge in [0.1, 0.15) is 0 Å². The van der Waals surface area contributed by atoms with Crippen LogP contribution in [-0.4, -0.2) is 29.3 Å². The van der Waals surface area contributed by atoms with Crippen molar-refractivity contribution in [1.82, 2.24) is 4.90 Å². The summed E-state index contributed by atoms with van der Waals surface area (Å²) in [7, 11) is 0. The molecule has 0 aliphatic carbocycles. The molecule has 1 aromatic rings. The number of ketones is 1. The summed E-state index contributed by atoms with van der Waals surface area (Å²) in [4.78, 5) is 14.8. The lowest BCUT2D eigenvalue weighted by atomic mass is 9.93. The zero-order chi connectivity index (χ0) is 15.5. The summed E-state index contributed by atoms with van der Waals surface area (Å²) >= 11 is 12.2. The summed E-state index contributed by atoms with van der Waals surface area (Å²) in [5, 5.41) is 1.12. The van der Waals surface area contributed by atoms with Crippen molar-refractivity contribution in [1.29, 1.82) is 0 Å². The quantitative estimate of drug-likeness (QED) is 0.738. The summed E-state index contributed by atoms with van der Waals surface area (Å²) < 4.78 is 0. The minimum Gasteiger partial charge on any atom is -0.293 e. The summed E-state index contributed by atoms with van der Waals surface area (Å²) in [5.74, 6) is 0.0837. The SMILES string of the molecule is CC(C)(C(=O)/C=C/c1c(Cl)cccc1Cl)N1CCCCC1. The number of carbonyl (C=O) groups is 1. The fourth-order valence-electron chi connectivity index (χ4n) is 2.64. The number of rotatable bonds is 4. The molecule has 0 N–H and O–H groups in total. The van der Waals surface area contributed by atoms with E-state index in [1.54, 1.807) is 30.4 Å². The molecule has 0 amide bonds. The molecule has 2 rings (SSSR count). The number of hydrogen-bond donors (Lipinski definition) is 0. The van der Waals surface area contributed by atoms with Crippen molar-refractivity contribution in [2.24, 2.45) is 0 Å². The van der Waals surface area contributed by atoms with Gasteiger partial charge < -0.3 is 0 Å². The van der Waals surface area contributed by atoms with E-state index >= 15 is 0 Å². The predicted octanol–water partition coefficient (Wildman–Crippen LogP) is 4.84. The van der Waals surface area contributed by atoms with Crippen molar-refractivity contribution in [3.05, 3.63) is 39.9 Å². The third-order valence-electron chi connectivity index (χ3n) is 4.15. The Morgan fingerprint density at radius 1 is 1.14 bits per heavy atom. The Bertz CT molecular complexity index is 525. The smallest absolute Gasteiger partial charge is 0.175 e. The molecule has 0 unspecified atom stereocenters. The highest BCUT2D eigenvalue weighted by Gasteiger charge is 2.33.